The highest BCUT2D eigenvalue weighted by atomic mass is 16.5. The first kappa shape index (κ1) is 17.2. The molecule has 3 nitrogen and oxygen atoms in total. The maximum atomic E-state index is 6.37. The molecule has 0 aromatic carbocycles. The van der Waals surface area contributed by atoms with Crippen LogP contribution in [-0.2, 0) is 4.74 Å². The van der Waals surface area contributed by atoms with Crippen molar-refractivity contribution in [3.8, 4) is 0 Å². The SMILES string of the molecule is CNC1C(CN2CCC(C(C)(C)C)C2)C(C)(C)OC1(C)C. The Kier molecular flexibility index (Phi) is 4.52. The second kappa shape index (κ2) is 5.50. The lowest BCUT2D eigenvalue weighted by Crippen LogP contribution is -2.49. The van der Waals surface area contributed by atoms with Crippen LogP contribution in [0.25, 0.3) is 0 Å². The van der Waals surface area contributed by atoms with Crippen molar-refractivity contribution in [3.63, 3.8) is 0 Å². The molecule has 2 aliphatic rings. The quantitative estimate of drug-likeness (QED) is 0.866. The summed E-state index contributed by atoms with van der Waals surface area (Å²) in [6.07, 6.45) is 1.34. The van der Waals surface area contributed by atoms with Crippen molar-refractivity contribution in [2.24, 2.45) is 17.3 Å². The molecular formula is C18H36N2O. The minimum atomic E-state index is -0.0912. The van der Waals surface area contributed by atoms with Gasteiger partial charge in [-0.2, -0.15) is 0 Å². The van der Waals surface area contributed by atoms with Gasteiger partial charge in [-0.05, 0) is 59.0 Å². The number of likely N-dealkylation sites (tertiary alicyclic amines) is 1. The van der Waals surface area contributed by atoms with Crippen molar-refractivity contribution < 1.29 is 4.74 Å². The summed E-state index contributed by atoms with van der Waals surface area (Å²) in [5.41, 5.74) is 0.279. The number of hydrogen-bond acceptors (Lipinski definition) is 3. The summed E-state index contributed by atoms with van der Waals surface area (Å²) in [4.78, 5) is 2.66. The van der Waals surface area contributed by atoms with E-state index in [1.54, 1.807) is 0 Å². The molecule has 124 valence electrons. The highest BCUT2D eigenvalue weighted by Gasteiger charge is 2.53. The van der Waals surface area contributed by atoms with E-state index >= 15 is 0 Å². The molecule has 1 N–H and O–H groups in total. The van der Waals surface area contributed by atoms with Gasteiger partial charge in [0.15, 0.2) is 0 Å². The van der Waals surface area contributed by atoms with Gasteiger partial charge in [0.05, 0.1) is 11.2 Å². The predicted octanol–water partition coefficient (Wildman–Crippen LogP) is 3.15. The standard InChI is InChI=1S/C18H36N2O/c1-16(2,3)13-9-10-20(11-13)12-14-15(19-8)18(6,7)21-17(14,4)5/h13-15,19H,9-12H2,1-8H3. The van der Waals surface area contributed by atoms with E-state index in [1.807, 2.05) is 0 Å². The molecule has 2 aliphatic heterocycles. The Morgan fingerprint density at radius 1 is 1.14 bits per heavy atom. The summed E-state index contributed by atoms with van der Waals surface area (Å²) in [6, 6.07) is 0.418. The van der Waals surface area contributed by atoms with Gasteiger partial charge < -0.3 is 15.0 Å². The number of hydrogen-bond donors (Lipinski definition) is 1. The highest BCUT2D eigenvalue weighted by Crippen LogP contribution is 2.43. The largest absolute Gasteiger partial charge is 0.368 e. The van der Waals surface area contributed by atoms with E-state index in [9.17, 15) is 0 Å². The van der Waals surface area contributed by atoms with Crippen molar-refractivity contribution in [1.29, 1.82) is 0 Å². The van der Waals surface area contributed by atoms with Crippen LogP contribution in [0.5, 0.6) is 0 Å². The summed E-state index contributed by atoms with van der Waals surface area (Å²) in [5.74, 6) is 1.36. The van der Waals surface area contributed by atoms with Gasteiger partial charge in [-0.3, -0.25) is 0 Å². The maximum Gasteiger partial charge on any atom is 0.0790 e. The third kappa shape index (κ3) is 3.46. The molecule has 21 heavy (non-hydrogen) atoms. The molecule has 2 fully saturated rings. The first-order valence-electron chi connectivity index (χ1n) is 8.57. The van der Waals surface area contributed by atoms with Gasteiger partial charge in [-0.15, -0.1) is 0 Å². The monoisotopic (exact) mass is 296 g/mol. The topological polar surface area (TPSA) is 24.5 Å². The molecule has 3 atom stereocenters. The zero-order valence-corrected chi connectivity index (χ0v) is 15.4. The Morgan fingerprint density at radius 3 is 2.24 bits per heavy atom. The summed E-state index contributed by atoms with van der Waals surface area (Å²) in [7, 11) is 2.08. The Morgan fingerprint density at radius 2 is 1.76 bits per heavy atom. The second-order valence-corrected chi connectivity index (χ2v) is 9.29. The Hall–Kier alpha value is -0.120. The molecule has 0 radical (unpaired) electrons. The number of rotatable bonds is 3. The van der Waals surface area contributed by atoms with Gasteiger partial charge in [-0.25, -0.2) is 0 Å². The Labute approximate surface area is 131 Å². The third-order valence-corrected chi connectivity index (χ3v) is 5.83. The van der Waals surface area contributed by atoms with Gasteiger partial charge in [0.1, 0.15) is 0 Å². The van der Waals surface area contributed by atoms with Gasteiger partial charge in [0.25, 0.3) is 0 Å². The molecule has 3 heteroatoms. The maximum absolute atomic E-state index is 6.37. The molecule has 3 unspecified atom stereocenters. The number of ether oxygens (including phenoxy) is 1. The first-order valence-corrected chi connectivity index (χ1v) is 8.57. The lowest BCUT2D eigenvalue weighted by molar-refractivity contribution is -0.0791. The van der Waals surface area contributed by atoms with E-state index in [1.165, 1.54) is 19.5 Å². The van der Waals surface area contributed by atoms with Crippen LogP contribution >= 0.6 is 0 Å². The Bertz CT molecular complexity index is 370. The van der Waals surface area contributed by atoms with E-state index in [0.29, 0.717) is 17.4 Å². The Balaban J connectivity index is 2.05. The van der Waals surface area contributed by atoms with Gasteiger partial charge >= 0.3 is 0 Å². The van der Waals surface area contributed by atoms with E-state index in [-0.39, 0.29) is 11.2 Å². The van der Waals surface area contributed by atoms with Crippen molar-refractivity contribution in [1.82, 2.24) is 10.2 Å². The van der Waals surface area contributed by atoms with Crippen LogP contribution in [0.2, 0.25) is 0 Å². The smallest absolute Gasteiger partial charge is 0.0790 e. The molecule has 0 bridgehead atoms. The van der Waals surface area contributed by atoms with Crippen LogP contribution in [0.15, 0.2) is 0 Å². The van der Waals surface area contributed by atoms with Gasteiger partial charge in [-0.1, -0.05) is 20.8 Å². The molecule has 0 aromatic heterocycles. The van der Waals surface area contributed by atoms with E-state index in [4.69, 9.17) is 4.74 Å². The number of likely N-dealkylation sites (N-methyl/N-ethyl adjacent to an activating group) is 1. The van der Waals surface area contributed by atoms with E-state index in [2.05, 4.69) is 65.7 Å². The zero-order chi connectivity index (χ0) is 16.1. The van der Waals surface area contributed by atoms with Crippen LogP contribution in [0, 0.1) is 17.3 Å². The number of nitrogens with one attached hydrogen (secondary N) is 1. The minimum Gasteiger partial charge on any atom is -0.368 e. The first-order chi connectivity index (χ1) is 9.47. The molecular weight excluding hydrogens is 260 g/mol. The zero-order valence-electron chi connectivity index (χ0n) is 15.4. The second-order valence-electron chi connectivity index (χ2n) is 9.29. The van der Waals surface area contributed by atoms with Crippen LogP contribution in [0.1, 0.15) is 54.9 Å². The normalized spacial score (nSPS) is 36.3. The molecule has 0 aliphatic carbocycles. The van der Waals surface area contributed by atoms with Crippen LogP contribution < -0.4 is 5.32 Å². The fourth-order valence-electron chi connectivity index (χ4n) is 4.56. The minimum absolute atomic E-state index is 0.0585. The summed E-state index contributed by atoms with van der Waals surface area (Å²) >= 11 is 0. The summed E-state index contributed by atoms with van der Waals surface area (Å²) in [6.45, 7) is 19.7. The predicted molar refractivity (Wildman–Crippen MR) is 89.6 cm³/mol. The third-order valence-electron chi connectivity index (χ3n) is 5.83. The van der Waals surface area contributed by atoms with Crippen LogP contribution in [-0.4, -0.2) is 48.8 Å². The van der Waals surface area contributed by atoms with Gasteiger partial charge in [0.2, 0.25) is 0 Å². The molecule has 2 rings (SSSR count). The summed E-state index contributed by atoms with van der Waals surface area (Å²) in [5, 5.41) is 3.52. The molecule has 0 aromatic rings. The molecule has 0 spiro atoms. The highest BCUT2D eigenvalue weighted by molar-refractivity contribution is 5.06. The average Bonchev–Trinajstić information content (AvgIpc) is 2.80. The van der Waals surface area contributed by atoms with Gasteiger partial charge in [0, 0.05) is 25.0 Å². The molecule has 2 saturated heterocycles. The lowest BCUT2D eigenvalue weighted by atomic mass is 9.80. The van der Waals surface area contributed by atoms with E-state index < -0.39 is 0 Å². The summed E-state index contributed by atoms with van der Waals surface area (Å²) < 4.78 is 6.37. The van der Waals surface area contributed by atoms with Crippen LogP contribution in [0.3, 0.4) is 0 Å². The van der Waals surface area contributed by atoms with Crippen LogP contribution in [0.4, 0.5) is 0 Å². The fourth-order valence-corrected chi connectivity index (χ4v) is 4.56. The van der Waals surface area contributed by atoms with E-state index in [0.717, 1.165) is 12.5 Å². The average molecular weight is 296 g/mol. The van der Waals surface area contributed by atoms with Crippen molar-refractivity contribution in [2.75, 3.05) is 26.7 Å². The van der Waals surface area contributed by atoms with Crippen molar-refractivity contribution >= 4 is 0 Å². The molecule has 0 saturated carbocycles. The fraction of sp³-hybridized carbons (Fsp3) is 1.00. The number of nitrogens with zero attached hydrogens (tertiary/aromatic N) is 1. The van der Waals surface area contributed by atoms with Crippen molar-refractivity contribution in [2.45, 2.75) is 72.1 Å². The molecule has 0 amide bonds. The lowest BCUT2D eigenvalue weighted by Gasteiger charge is -2.33. The molecule has 2 heterocycles. The van der Waals surface area contributed by atoms with Crippen molar-refractivity contribution in [3.05, 3.63) is 0 Å².